The Morgan fingerprint density at radius 2 is 1.51 bits per heavy atom. The molecule has 0 saturated carbocycles. The third-order valence-electron chi connectivity index (χ3n) is 11.0. The van der Waals surface area contributed by atoms with Gasteiger partial charge in [-0.15, -0.1) is 11.3 Å². The van der Waals surface area contributed by atoms with Crippen LogP contribution >= 0.6 is 11.3 Å². The fraction of sp³-hybridized carbons (Fsp3) is 0.419. The van der Waals surface area contributed by atoms with Gasteiger partial charge in [-0.1, -0.05) is 51.1 Å². The van der Waals surface area contributed by atoms with E-state index in [-0.39, 0.29) is 6.47 Å². The number of carbonyl (C=O) groups is 2. The van der Waals surface area contributed by atoms with Crippen molar-refractivity contribution in [1.82, 2.24) is 29.6 Å². The molecule has 12 heteroatoms. The minimum absolute atomic E-state index is 0.250. The number of thiazole rings is 1. The number of amides is 1. The number of carboxylic acid groups (broad SMARTS) is 1. The molecular weight excluding hydrogens is 711 g/mol. The first-order valence-corrected chi connectivity index (χ1v) is 20.0. The minimum Gasteiger partial charge on any atom is -0.483 e. The number of rotatable bonds is 8. The van der Waals surface area contributed by atoms with Crippen LogP contribution in [-0.4, -0.2) is 99.9 Å². The molecule has 11 nitrogen and oxygen atoms in total. The molecule has 0 radical (unpaired) electrons. The molecule has 8 rings (SSSR count). The quantitative estimate of drug-likeness (QED) is 0.159. The van der Waals surface area contributed by atoms with Gasteiger partial charge in [0, 0.05) is 55.3 Å². The van der Waals surface area contributed by atoms with Crippen molar-refractivity contribution in [1.29, 1.82) is 5.26 Å². The molecule has 1 N–H and O–H groups in total. The van der Waals surface area contributed by atoms with Crippen molar-refractivity contribution in [2.24, 2.45) is 5.92 Å². The second-order valence-corrected chi connectivity index (χ2v) is 15.7. The fourth-order valence-corrected chi connectivity index (χ4v) is 8.98. The highest BCUT2D eigenvalue weighted by molar-refractivity contribution is 7.15. The highest BCUT2D eigenvalue weighted by Crippen LogP contribution is 2.40. The Morgan fingerprint density at radius 3 is 2.07 bits per heavy atom. The topological polar surface area (TPSA) is 130 Å². The molecule has 1 unspecified atom stereocenters. The van der Waals surface area contributed by atoms with Crippen LogP contribution in [0, 0.1) is 31.1 Å². The summed E-state index contributed by atoms with van der Waals surface area (Å²) in [6.07, 6.45) is 2.10. The molecule has 5 heterocycles. The summed E-state index contributed by atoms with van der Waals surface area (Å²) in [4.78, 5) is 39.7. The Bertz CT molecular complexity index is 2130. The molecule has 0 spiro atoms. The molecule has 1 amide bonds. The first kappa shape index (κ1) is 39.8. The van der Waals surface area contributed by atoms with Gasteiger partial charge in [0.1, 0.15) is 16.6 Å². The van der Waals surface area contributed by atoms with Crippen LogP contribution in [0.4, 0.5) is 0 Å². The van der Waals surface area contributed by atoms with Crippen LogP contribution in [0.2, 0.25) is 0 Å². The first-order chi connectivity index (χ1) is 26.7. The second-order valence-electron chi connectivity index (χ2n) is 14.6. The molecule has 3 aliphatic rings. The van der Waals surface area contributed by atoms with Crippen molar-refractivity contribution in [2.75, 3.05) is 52.4 Å². The van der Waals surface area contributed by atoms with Gasteiger partial charge in [-0.2, -0.15) is 5.26 Å². The number of nitriles is 1. The number of hydrogen-bond donors (Lipinski definition) is 1. The predicted molar refractivity (Wildman–Crippen MR) is 217 cm³/mol. The standard InChI is InChI=1S/C34H31N5O2S.C8H18N2.CH2O2/c1-20-10-11-38(15-20)16-23-12-24(14-35)32-29(13-23)36-33(41-32)27-8-4-6-25(21(27)2)26-7-5-9-28(22(26)3)34-37-30-17-39(19-40)18-31(30)42-34;1-3-9-5-7-10(4-2)8-6-9;2-1-3/h4-9,12-13,19-20H,10-11,15-18H2,1-3H3;3-8H2,1-2H3;1H,(H,2,3). The van der Waals surface area contributed by atoms with Crippen LogP contribution in [0.3, 0.4) is 0 Å². The molecular formula is C43H51N7O4S. The maximum atomic E-state index is 11.2. The lowest BCUT2D eigenvalue weighted by Crippen LogP contribution is -2.45. The van der Waals surface area contributed by atoms with Gasteiger partial charge in [-0.05, 0) is 91.8 Å². The Morgan fingerprint density at radius 1 is 0.891 bits per heavy atom. The third-order valence-corrected chi connectivity index (χ3v) is 12.1. The van der Waals surface area contributed by atoms with E-state index < -0.39 is 0 Å². The smallest absolute Gasteiger partial charge is 0.290 e. The second kappa shape index (κ2) is 18.1. The van der Waals surface area contributed by atoms with Gasteiger partial charge in [-0.3, -0.25) is 14.5 Å². The number of oxazole rings is 1. The lowest BCUT2D eigenvalue weighted by Gasteiger charge is -2.33. The van der Waals surface area contributed by atoms with E-state index in [0.29, 0.717) is 36.0 Å². The van der Waals surface area contributed by atoms with Gasteiger partial charge in [0.05, 0.1) is 24.3 Å². The SMILES string of the molecule is CCN1CCN(CC)CC1.Cc1c(-c2nc3cc(CN4CCC(C)C4)cc(C#N)c3o2)cccc1-c1cccc(-c2nc3c(s2)CN(C=O)C3)c1C.O=CO. The lowest BCUT2D eigenvalue weighted by molar-refractivity contribution is -0.123. The van der Waals surface area contributed by atoms with E-state index in [1.165, 1.54) is 45.7 Å². The number of piperazine rings is 1. The van der Waals surface area contributed by atoms with E-state index in [0.717, 1.165) is 86.1 Å². The Kier molecular flexibility index (Phi) is 13.1. The van der Waals surface area contributed by atoms with Gasteiger partial charge < -0.3 is 24.2 Å². The van der Waals surface area contributed by atoms with Crippen LogP contribution < -0.4 is 0 Å². The van der Waals surface area contributed by atoms with Gasteiger partial charge in [0.15, 0.2) is 5.58 Å². The number of fused-ring (bicyclic) bond motifs is 2. The molecule has 288 valence electrons. The summed E-state index contributed by atoms with van der Waals surface area (Å²) in [6.45, 7) is 22.5. The van der Waals surface area contributed by atoms with E-state index in [2.05, 4.69) is 85.7 Å². The van der Waals surface area contributed by atoms with Gasteiger partial charge in [0.2, 0.25) is 12.3 Å². The molecule has 0 bridgehead atoms. The highest BCUT2D eigenvalue weighted by Gasteiger charge is 2.25. The van der Waals surface area contributed by atoms with E-state index in [1.807, 2.05) is 18.2 Å². The van der Waals surface area contributed by atoms with Crippen LogP contribution in [0.25, 0.3) is 44.3 Å². The first-order valence-electron chi connectivity index (χ1n) is 19.2. The molecule has 5 aromatic rings. The average Bonchev–Trinajstić information content (AvgIpc) is 3.99. The third kappa shape index (κ3) is 8.97. The summed E-state index contributed by atoms with van der Waals surface area (Å²) in [5.74, 6) is 1.23. The average molecular weight is 762 g/mol. The highest BCUT2D eigenvalue weighted by atomic mass is 32.1. The fourth-order valence-electron chi connectivity index (χ4n) is 7.80. The summed E-state index contributed by atoms with van der Waals surface area (Å²) in [5.41, 5.74) is 10.4. The van der Waals surface area contributed by atoms with Crippen molar-refractivity contribution in [3.05, 3.63) is 81.4 Å². The lowest BCUT2D eigenvalue weighted by atomic mass is 9.91. The van der Waals surface area contributed by atoms with E-state index in [4.69, 9.17) is 24.3 Å². The summed E-state index contributed by atoms with van der Waals surface area (Å²) < 4.78 is 6.28. The van der Waals surface area contributed by atoms with Crippen LogP contribution in [0.5, 0.6) is 0 Å². The van der Waals surface area contributed by atoms with Gasteiger partial charge in [0.25, 0.3) is 6.47 Å². The molecule has 3 aliphatic heterocycles. The Balaban J connectivity index is 0.000000339. The number of likely N-dealkylation sites (tertiary alicyclic amines) is 1. The summed E-state index contributed by atoms with van der Waals surface area (Å²) >= 11 is 1.67. The predicted octanol–water partition coefficient (Wildman–Crippen LogP) is 7.43. The zero-order valence-electron chi connectivity index (χ0n) is 32.5. The Labute approximate surface area is 327 Å². The zero-order valence-corrected chi connectivity index (χ0v) is 33.4. The number of likely N-dealkylation sites (N-methyl/N-ethyl adjacent to an activating group) is 2. The van der Waals surface area contributed by atoms with Crippen LogP contribution in [0.15, 0.2) is 52.9 Å². The molecule has 0 aliphatic carbocycles. The van der Waals surface area contributed by atoms with Crippen molar-refractivity contribution >= 4 is 35.3 Å². The molecule has 2 aromatic heterocycles. The number of benzene rings is 3. The van der Waals surface area contributed by atoms with Crippen LogP contribution in [-0.2, 0) is 29.2 Å². The largest absolute Gasteiger partial charge is 0.483 e. The minimum atomic E-state index is -0.250. The monoisotopic (exact) mass is 761 g/mol. The Hall–Kier alpha value is -4.93. The molecule has 1 atom stereocenters. The van der Waals surface area contributed by atoms with Gasteiger partial charge in [-0.25, -0.2) is 9.97 Å². The van der Waals surface area contributed by atoms with E-state index in [1.54, 1.807) is 16.2 Å². The number of carbonyl (C=O) groups excluding carboxylic acids is 1. The molecule has 3 aromatic carbocycles. The van der Waals surface area contributed by atoms with Crippen LogP contribution in [0.1, 0.15) is 60.0 Å². The normalized spacial score (nSPS) is 17.2. The van der Waals surface area contributed by atoms with Gasteiger partial charge >= 0.3 is 0 Å². The molecule has 55 heavy (non-hydrogen) atoms. The maximum absolute atomic E-state index is 11.2. The van der Waals surface area contributed by atoms with E-state index >= 15 is 0 Å². The molecule has 2 fully saturated rings. The van der Waals surface area contributed by atoms with Crippen molar-refractivity contribution < 1.29 is 19.1 Å². The number of hydrogen-bond acceptors (Lipinski definition) is 10. The summed E-state index contributed by atoms with van der Waals surface area (Å²) in [7, 11) is 0. The van der Waals surface area contributed by atoms with Crippen molar-refractivity contribution in [2.45, 2.75) is 60.7 Å². The summed E-state index contributed by atoms with van der Waals surface area (Å²) in [5, 5.41) is 17.8. The van der Waals surface area contributed by atoms with E-state index in [9.17, 15) is 10.1 Å². The maximum Gasteiger partial charge on any atom is 0.290 e. The zero-order chi connectivity index (χ0) is 39.1. The summed E-state index contributed by atoms with van der Waals surface area (Å²) in [6, 6.07) is 18.9. The van der Waals surface area contributed by atoms with Crippen molar-refractivity contribution in [3.63, 3.8) is 0 Å². The number of aromatic nitrogens is 2. The molecule has 2 saturated heterocycles. The van der Waals surface area contributed by atoms with Crippen molar-refractivity contribution in [3.8, 4) is 39.2 Å². The number of nitrogens with zero attached hydrogens (tertiary/aromatic N) is 7.